The number of alkyl halides is 2. The van der Waals surface area contributed by atoms with Crippen LogP contribution in [-0.4, -0.2) is 106 Å². The van der Waals surface area contributed by atoms with E-state index in [2.05, 4.69) is 36.8 Å². The first-order valence-electron chi connectivity index (χ1n) is 19.9. The van der Waals surface area contributed by atoms with E-state index in [1.807, 2.05) is 0 Å². The molecule has 0 saturated carbocycles. The molecule has 1 aromatic carbocycles. The number of carbonyl (C=O) groups excluding carboxylic acids is 1. The summed E-state index contributed by atoms with van der Waals surface area (Å²) in [5.41, 5.74) is 11.5. The molecule has 22 nitrogen and oxygen atoms in total. The number of hydrogen-bond acceptors (Lipinski definition) is 19. The summed E-state index contributed by atoms with van der Waals surface area (Å²) in [6.07, 6.45) is -6.41. The summed E-state index contributed by atoms with van der Waals surface area (Å²) < 4.78 is 104. The van der Waals surface area contributed by atoms with Gasteiger partial charge in [-0.25, -0.2) is 33.3 Å². The van der Waals surface area contributed by atoms with Gasteiger partial charge in [-0.05, 0) is 35.5 Å². The van der Waals surface area contributed by atoms with Crippen LogP contribution >= 0.6 is 25.8 Å². The van der Waals surface area contributed by atoms with Crippen LogP contribution in [0.3, 0.4) is 0 Å². The van der Waals surface area contributed by atoms with Crippen molar-refractivity contribution in [2.24, 2.45) is 0 Å². The predicted molar refractivity (Wildman–Crippen MR) is 221 cm³/mol. The fourth-order valence-electron chi connectivity index (χ4n) is 7.28. The number of rotatable bonds is 12. The summed E-state index contributed by atoms with van der Waals surface area (Å²) in [5, 5.41) is 0. The second-order valence-electron chi connectivity index (χ2n) is 14.9. The maximum Gasteiger partial charge on any atom is 0.390 e. The van der Waals surface area contributed by atoms with Crippen molar-refractivity contribution in [1.29, 1.82) is 0 Å². The second-order valence-corrected chi connectivity index (χ2v) is 20.8. The molecule has 27 heteroatoms. The maximum atomic E-state index is 16.7. The predicted octanol–water partition coefficient (Wildman–Crippen LogP) is 4.86. The lowest BCUT2D eigenvalue weighted by Crippen LogP contribution is -2.36. The molecule has 2 bridgehead atoms. The number of imidazole rings is 2. The molecule has 3 aliphatic rings. The van der Waals surface area contributed by atoms with Crippen LogP contribution < -0.4 is 21.8 Å². The van der Waals surface area contributed by atoms with E-state index in [0.717, 1.165) is 42.9 Å². The van der Waals surface area contributed by atoms with Crippen molar-refractivity contribution >= 4 is 65.8 Å². The number of unbranched alkanes of at least 4 members (excludes halogenated alkanes) is 4. The number of halogens is 2. The minimum absolute atomic E-state index is 0.0140. The number of nitrogens with two attached hydrogens (primary N) is 2. The molecular formula is C36H44F2N10O12P2S. The number of esters is 1. The van der Waals surface area contributed by atoms with Gasteiger partial charge in [0.25, 0.3) is 5.56 Å². The van der Waals surface area contributed by atoms with Gasteiger partial charge in [-0.1, -0.05) is 44.7 Å². The standard InChI is InChI=1S/C36H44F2N10O12P2S/c1-2-3-4-5-6-7-23(49)57-20-10-8-19(9-11-20)14-63-62(53)56-13-22-28(25(38)34(59-22)47-16-43-26-30(39)41-15-42-31(26)47)54-18-61(51,52)55-12-21-24(37)29(60-62)35(58-21)48-17-44-27-32(48)45-36(40)46-33(27)50/h8-11,15-17,21-22,24-25,28-29,34-35H,2-7,12-14,18H2,1H3,(H,51,52)(H2,39,41,42)(H3,40,45,46,50)/t21-,22-,24-,25-,28-,29-,34-,35-,62?/m1/s1. The summed E-state index contributed by atoms with van der Waals surface area (Å²) in [5.74, 6) is -0.433. The van der Waals surface area contributed by atoms with E-state index in [9.17, 15) is 19.0 Å². The minimum atomic E-state index is -4.76. The maximum absolute atomic E-state index is 16.7. The van der Waals surface area contributed by atoms with Crippen LogP contribution in [-0.2, 0) is 47.5 Å². The van der Waals surface area contributed by atoms with E-state index < -0.39 is 88.7 Å². The van der Waals surface area contributed by atoms with E-state index in [1.165, 1.54) is 10.9 Å². The van der Waals surface area contributed by atoms with Crippen LogP contribution in [0.5, 0.6) is 5.75 Å². The zero-order chi connectivity index (χ0) is 44.5. The number of aromatic nitrogens is 8. The van der Waals surface area contributed by atoms with Gasteiger partial charge >= 0.3 is 20.4 Å². The van der Waals surface area contributed by atoms with Crippen LogP contribution in [0.4, 0.5) is 20.5 Å². The zero-order valence-electron chi connectivity index (χ0n) is 33.5. The topological polar surface area (TPSA) is 295 Å². The van der Waals surface area contributed by atoms with Crippen molar-refractivity contribution in [2.75, 3.05) is 31.0 Å². The number of ether oxygens (including phenoxy) is 4. The summed E-state index contributed by atoms with van der Waals surface area (Å²) in [4.78, 5) is 58.6. The van der Waals surface area contributed by atoms with Crippen molar-refractivity contribution in [2.45, 2.75) is 100 Å². The molecule has 4 aromatic heterocycles. The summed E-state index contributed by atoms with van der Waals surface area (Å²) in [7, 11) is -4.76. The lowest BCUT2D eigenvalue weighted by molar-refractivity contribution is -0.134. The number of aromatic amines is 1. The first-order chi connectivity index (χ1) is 30.2. The van der Waals surface area contributed by atoms with E-state index >= 15 is 13.3 Å². The molecule has 63 heavy (non-hydrogen) atoms. The highest BCUT2D eigenvalue weighted by Gasteiger charge is 2.54. The Bertz CT molecular complexity index is 2590. The Morgan fingerprint density at radius 1 is 0.921 bits per heavy atom. The molecule has 340 valence electrons. The van der Waals surface area contributed by atoms with Crippen LogP contribution in [0.1, 0.15) is 63.5 Å². The van der Waals surface area contributed by atoms with Crippen molar-refractivity contribution in [1.82, 2.24) is 39.0 Å². The lowest BCUT2D eigenvalue weighted by Gasteiger charge is -2.28. The third-order valence-electron chi connectivity index (χ3n) is 10.5. The first kappa shape index (κ1) is 45.2. The second kappa shape index (κ2) is 19.0. The van der Waals surface area contributed by atoms with Crippen molar-refractivity contribution < 1.29 is 60.1 Å². The molecule has 0 aliphatic carbocycles. The monoisotopic (exact) mass is 940 g/mol. The molecule has 5 aromatic rings. The molecule has 8 rings (SSSR count). The molecule has 6 N–H and O–H groups in total. The van der Waals surface area contributed by atoms with Crippen LogP contribution in [0.25, 0.3) is 22.3 Å². The van der Waals surface area contributed by atoms with Crippen LogP contribution in [0, 0.1) is 0 Å². The number of nitrogens with zero attached hydrogens (tertiary/aromatic N) is 7. The van der Waals surface area contributed by atoms with Gasteiger partial charge in [0, 0.05) is 12.2 Å². The van der Waals surface area contributed by atoms with Crippen molar-refractivity contribution in [3.8, 4) is 5.75 Å². The molecule has 0 spiro atoms. The van der Waals surface area contributed by atoms with Gasteiger partial charge in [-0.3, -0.25) is 37.3 Å². The molecule has 0 radical (unpaired) electrons. The Balaban J connectivity index is 1.08. The fraction of sp³-hybridized carbons (Fsp3) is 0.528. The average molecular weight is 941 g/mol. The van der Waals surface area contributed by atoms with Gasteiger partial charge in [0.15, 0.2) is 47.4 Å². The number of nitrogen functional groups attached to an aromatic ring is 2. The summed E-state index contributed by atoms with van der Waals surface area (Å²) in [6, 6.07) is 6.40. The highest BCUT2D eigenvalue weighted by molar-refractivity contribution is 8.54. The highest BCUT2D eigenvalue weighted by atomic mass is 32.7. The van der Waals surface area contributed by atoms with E-state index in [-0.39, 0.29) is 52.2 Å². The van der Waals surface area contributed by atoms with E-state index in [4.69, 9.17) is 44.0 Å². The molecule has 2 unspecified atom stereocenters. The molecule has 3 saturated heterocycles. The van der Waals surface area contributed by atoms with Crippen LogP contribution in [0.15, 0.2) is 48.0 Å². The molecule has 3 aliphatic heterocycles. The number of anilines is 2. The van der Waals surface area contributed by atoms with Crippen LogP contribution in [0.2, 0.25) is 0 Å². The van der Waals surface area contributed by atoms with Gasteiger partial charge in [0.1, 0.15) is 48.4 Å². The highest BCUT2D eigenvalue weighted by Crippen LogP contribution is 2.65. The number of carbonyl (C=O) groups is 1. The average Bonchev–Trinajstić information content (AvgIpc) is 4.02. The summed E-state index contributed by atoms with van der Waals surface area (Å²) >= 11 is 0.648. The number of hydrogen-bond donors (Lipinski definition) is 4. The van der Waals surface area contributed by atoms with Gasteiger partial charge < -0.3 is 39.8 Å². The van der Waals surface area contributed by atoms with Gasteiger partial charge in [0.05, 0.1) is 25.9 Å². The third kappa shape index (κ3) is 9.97. The Kier molecular flexibility index (Phi) is 13.6. The minimum Gasteiger partial charge on any atom is -0.427 e. The first-order valence-corrected chi connectivity index (χ1v) is 24.8. The SMILES string of the molecule is CCCCCCCC(=O)Oc1ccc(CSP2(=O)OC[C@H]3O[C@@H](n4cnc5c(N)ncnc54)[C@H](F)[C@@H]3OCP(=O)(O)OC[C@H]3O[C@@H](n4cnc5c(=O)[nH]c(N)nc54)[C@H](O2)[C@@H]3F)cc1. The number of H-pyrrole nitrogens is 1. The van der Waals surface area contributed by atoms with Gasteiger partial charge in [0.2, 0.25) is 5.95 Å². The van der Waals surface area contributed by atoms with Gasteiger partial charge in [-0.15, -0.1) is 0 Å². The Labute approximate surface area is 360 Å². The van der Waals surface area contributed by atoms with E-state index in [0.29, 0.717) is 29.1 Å². The van der Waals surface area contributed by atoms with Crippen molar-refractivity contribution in [3.63, 3.8) is 0 Å². The molecule has 10 atom stereocenters. The molecular weight excluding hydrogens is 896 g/mol. The number of benzene rings is 1. The molecule has 7 heterocycles. The normalized spacial score (nSPS) is 30.3. The Hall–Kier alpha value is -4.42. The lowest BCUT2D eigenvalue weighted by atomic mass is 10.1. The van der Waals surface area contributed by atoms with Crippen molar-refractivity contribution in [3.05, 3.63) is 59.2 Å². The molecule has 3 fully saturated rings. The zero-order valence-corrected chi connectivity index (χ0v) is 36.1. The quantitative estimate of drug-likeness (QED) is 0.0562. The molecule has 0 amide bonds. The summed E-state index contributed by atoms with van der Waals surface area (Å²) in [6.45, 7) is -4.10. The van der Waals surface area contributed by atoms with E-state index in [1.54, 1.807) is 24.3 Å². The Morgan fingerprint density at radius 3 is 2.41 bits per heavy atom. The number of fused-ring (bicyclic) bond motifs is 5. The third-order valence-corrected chi connectivity index (χ3v) is 15.1. The smallest absolute Gasteiger partial charge is 0.390 e. The Morgan fingerprint density at radius 2 is 1.63 bits per heavy atom. The number of nitrogens with one attached hydrogen (secondary N) is 1. The fourth-order valence-corrected chi connectivity index (χ4v) is 11.5. The largest absolute Gasteiger partial charge is 0.427 e. The van der Waals surface area contributed by atoms with Gasteiger partial charge in [-0.2, -0.15) is 4.98 Å².